The van der Waals surface area contributed by atoms with Gasteiger partial charge in [0, 0.05) is 13.1 Å². The van der Waals surface area contributed by atoms with Crippen LogP contribution in [0.2, 0.25) is 0 Å². The van der Waals surface area contributed by atoms with E-state index in [1.165, 1.54) is 0 Å². The summed E-state index contributed by atoms with van der Waals surface area (Å²) in [4.78, 5) is 15.6. The predicted octanol–water partition coefficient (Wildman–Crippen LogP) is 6.21. The summed E-state index contributed by atoms with van der Waals surface area (Å²) in [6.45, 7) is 0.827. The van der Waals surface area contributed by atoms with Gasteiger partial charge in [0.1, 0.15) is 0 Å². The Labute approximate surface area is 206 Å². The van der Waals surface area contributed by atoms with Crippen molar-refractivity contribution in [3.05, 3.63) is 131 Å². The van der Waals surface area contributed by atoms with Crippen LogP contribution in [0.25, 0.3) is 0 Å². The number of nitrogens with one attached hydrogen (secondary N) is 1. The maximum atomic E-state index is 13.7. The van der Waals surface area contributed by atoms with Crippen LogP contribution < -0.4 is 14.8 Å². The van der Waals surface area contributed by atoms with E-state index >= 15 is 0 Å². The molecule has 5 nitrogen and oxygen atoms in total. The maximum absolute atomic E-state index is 13.7. The number of benzene rings is 4. The van der Waals surface area contributed by atoms with Crippen LogP contribution in [0, 0.1) is 0 Å². The van der Waals surface area contributed by atoms with Gasteiger partial charge in [-0.1, -0.05) is 97.1 Å². The summed E-state index contributed by atoms with van der Waals surface area (Å²) in [7, 11) is 3.23. The Morgan fingerprint density at radius 2 is 1.26 bits per heavy atom. The van der Waals surface area contributed by atoms with Gasteiger partial charge in [0.15, 0.2) is 11.5 Å². The molecule has 0 aromatic heterocycles. The van der Waals surface area contributed by atoms with Gasteiger partial charge in [-0.3, -0.25) is 0 Å². The van der Waals surface area contributed by atoms with Crippen molar-refractivity contribution in [3.8, 4) is 11.5 Å². The highest BCUT2D eigenvalue weighted by Gasteiger charge is 2.27. The molecular formula is C30H30N2O3. The molecule has 0 aliphatic heterocycles. The molecule has 0 spiro atoms. The third kappa shape index (κ3) is 6.01. The molecule has 1 N–H and O–H groups in total. The fraction of sp³-hybridized carbons (Fsp3) is 0.167. The average molecular weight is 467 g/mol. The van der Waals surface area contributed by atoms with E-state index in [4.69, 9.17) is 9.47 Å². The van der Waals surface area contributed by atoms with E-state index < -0.39 is 0 Å². The van der Waals surface area contributed by atoms with Gasteiger partial charge in [-0.2, -0.15) is 0 Å². The van der Waals surface area contributed by atoms with Gasteiger partial charge < -0.3 is 19.7 Å². The summed E-state index contributed by atoms with van der Waals surface area (Å²) >= 11 is 0. The summed E-state index contributed by atoms with van der Waals surface area (Å²) < 4.78 is 10.9. The summed E-state index contributed by atoms with van der Waals surface area (Å²) in [6.07, 6.45) is 0. The average Bonchev–Trinajstić information content (AvgIpc) is 2.93. The van der Waals surface area contributed by atoms with Crippen LogP contribution in [-0.2, 0) is 13.1 Å². The second-order valence-corrected chi connectivity index (χ2v) is 8.19. The van der Waals surface area contributed by atoms with Gasteiger partial charge in [-0.15, -0.1) is 0 Å². The van der Waals surface area contributed by atoms with E-state index in [9.17, 15) is 4.79 Å². The molecule has 35 heavy (non-hydrogen) atoms. The van der Waals surface area contributed by atoms with Crippen molar-refractivity contribution in [2.24, 2.45) is 0 Å². The zero-order valence-electron chi connectivity index (χ0n) is 20.1. The SMILES string of the molecule is COc1ccc(CN(C(=O)NCc2ccccc2)C(c2ccccc2)c2ccccc2)cc1OC. The van der Waals surface area contributed by atoms with Crippen molar-refractivity contribution in [2.75, 3.05) is 14.2 Å². The minimum atomic E-state index is -0.277. The molecule has 0 radical (unpaired) electrons. The highest BCUT2D eigenvalue weighted by molar-refractivity contribution is 5.75. The fourth-order valence-corrected chi connectivity index (χ4v) is 4.15. The van der Waals surface area contributed by atoms with E-state index in [1.807, 2.05) is 89.8 Å². The summed E-state index contributed by atoms with van der Waals surface area (Å²) in [5.41, 5.74) is 4.06. The lowest BCUT2D eigenvalue weighted by Gasteiger charge is -2.33. The van der Waals surface area contributed by atoms with Crippen LogP contribution in [0.15, 0.2) is 109 Å². The first-order valence-electron chi connectivity index (χ1n) is 11.6. The molecule has 0 fully saturated rings. The van der Waals surface area contributed by atoms with Gasteiger partial charge in [0.05, 0.1) is 20.3 Å². The summed E-state index contributed by atoms with van der Waals surface area (Å²) in [5.74, 6) is 1.28. The van der Waals surface area contributed by atoms with Gasteiger partial charge in [-0.05, 0) is 34.4 Å². The first-order valence-corrected chi connectivity index (χ1v) is 11.6. The van der Waals surface area contributed by atoms with E-state index in [0.717, 1.165) is 22.3 Å². The molecular weight excluding hydrogens is 436 g/mol. The third-order valence-electron chi connectivity index (χ3n) is 5.89. The molecule has 0 bridgehead atoms. The van der Waals surface area contributed by atoms with Gasteiger partial charge in [-0.25, -0.2) is 4.79 Å². The van der Waals surface area contributed by atoms with Crippen LogP contribution in [0.4, 0.5) is 4.79 Å². The normalized spacial score (nSPS) is 10.6. The number of hydrogen-bond donors (Lipinski definition) is 1. The first kappa shape index (κ1) is 23.9. The highest BCUT2D eigenvalue weighted by atomic mass is 16.5. The van der Waals surface area contributed by atoms with Gasteiger partial charge in [0.2, 0.25) is 0 Å². The molecule has 0 aliphatic carbocycles. The molecule has 0 heterocycles. The molecule has 4 aromatic carbocycles. The number of hydrogen-bond acceptors (Lipinski definition) is 3. The molecule has 2 amide bonds. The number of carbonyl (C=O) groups excluding carboxylic acids is 1. The monoisotopic (exact) mass is 466 g/mol. The van der Waals surface area contributed by atoms with Crippen LogP contribution in [0.3, 0.4) is 0 Å². The molecule has 0 saturated carbocycles. The van der Waals surface area contributed by atoms with Crippen molar-refractivity contribution in [1.29, 1.82) is 0 Å². The predicted molar refractivity (Wildman–Crippen MR) is 138 cm³/mol. The molecule has 4 aromatic rings. The number of ether oxygens (including phenoxy) is 2. The van der Waals surface area contributed by atoms with E-state index in [2.05, 4.69) is 29.6 Å². The lowest BCUT2D eigenvalue weighted by Crippen LogP contribution is -2.42. The lowest BCUT2D eigenvalue weighted by atomic mass is 9.96. The van der Waals surface area contributed by atoms with E-state index in [1.54, 1.807) is 14.2 Å². The molecule has 0 atom stereocenters. The van der Waals surface area contributed by atoms with Crippen molar-refractivity contribution in [2.45, 2.75) is 19.1 Å². The Morgan fingerprint density at radius 3 is 1.80 bits per heavy atom. The first-order chi connectivity index (χ1) is 17.2. The van der Waals surface area contributed by atoms with Crippen LogP contribution in [0.1, 0.15) is 28.3 Å². The largest absolute Gasteiger partial charge is 0.493 e. The number of methoxy groups -OCH3 is 2. The van der Waals surface area contributed by atoms with E-state index in [-0.39, 0.29) is 12.1 Å². The fourth-order valence-electron chi connectivity index (χ4n) is 4.15. The second kappa shape index (κ2) is 11.7. The summed E-state index contributed by atoms with van der Waals surface area (Å²) in [5, 5.41) is 3.12. The quantitative estimate of drug-likeness (QED) is 0.319. The van der Waals surface area contributed by atoms with Crippen LogP contribution in [-0.4, -0.2) is 25.2 Å². The smallest absolute Gasteiger partial charge is 0.318 e. The number of amides is 2. The topological polar surface area (TPSA) is 50.8 Å². The van der Waals surface area contributed by atoms with Crippen molar-refractivity contribution in [3.63, 3.8) is 0 Å². The Morgan fingerprint density at radius 1 is 0.714 bits per heavy atom. The summed E-state index contributed by atoms with van der Waals surface area (Å²) in [6, 6.07) is 35.5. The molecule has 5 heteroatoms. The molecule has 0 unspecified atom stereocenters. The number of carbonyl (C=O) groups is 1. The van der Waals surface area contributed by atoms with Crippen LogP contribution in [0.5, 0.6) is 11.5 Å². The van der Waals surface area contributed by atoms with Gasteiger partial charge >= 0.3 is 6.03 Å². The van der Waals surface area contributed by atoms with Crippen molar-refractivity contribution >= 4 is 6.03 Å². The Balaban J connectivity index is 1.72. The number of nitrogens with zero attached hydrogens (tertiary/aromatic N) is 1. The molecule has 0 saturated heterocycles. The van der Waals surface area contributed by atoms with E-state index in [0.29, 0.717) is 24.6 Å². The highest BCUT2D eigenvalue weighted by Crippen LogP contribution is 2.33. The maximum Gasteiger partial charge on any atom is 0.318 e. The molecule has 4 rings (SSSR count). The zero-order chi connectivity index (χ0) is 24.5. The Bertz CT molecular complexity index is 1170. The van der Waals surface area contributed by atoms with Crippen molar-refractivity contribution < 1.29 is 14.3 Å². The molecule has 0 aliphatic rings. The number of urea groups is 1. The standard InChI is InChI=1S/C30H30N2O3/c1-34-27-19-18-24(20-28(27)35-2)22-32(30(33)31-21-23-12-6-3-7-13-23)29(25-14-8-4-9-15-25)26-16-10-5-11-17-26/h3-20,29H,21-22H2,1-2H3,(H,31,33). The Hall–Kier alpha value is -4.25. The second-order valence-electron chi connectivity index (χ2n) is 8.19. The third-order valence-corrected chi connectivity index (χ3v) is 5.89. The Kier molecular flexibility index (Phi) is 8.02. The number of rotatable bonds is 9. The minimum absolute atomic E-state index is 0.152. The van der Waals surface area contributed by atoms with Crippen LogP contribution >= 0.6 is 0 Å². The van der Waals surface area contributed by atoms with Gasteiger partial charge in [0.25, 0.3) is 0 Å². The lowest BCUT2D eigenvalue weighted by molar-refractivity contribution is 0.180. The zero-order valence-corrected chi connectivity index (χ0v) is 20.1. The van der Waals surface area contributed by atoms with Crippen molar-refractivity contribution in [1.82, 2.24) is 10.2 Å². The molecule has 178 valence electrons. The minimum Gasteiger partial charge on any atom is -0.493 e.